The highest BCUT2D eigenvalue weighted by Crippen LogP contribution is 1.99. The van der Waals surface area contributed by atoms with Gasteiger partial charge in [-0.1, -0.05) is 12.1 Å². The fraction of sp³-hybridized carbons (Fsp3) is 0.429. The lowest BCUT2D eigenvalue weighted by atomic mass is 10.5. The average molecular weight is 179 g/mol. The summed E-state index contributed by atoms with van der Waals surface area (Å²) in [5.41, 5.74) is 0. The molecule has 0 spiro atoms. The summed E-state index contributed by atoms with van der Waals surface area (Å²) in [5.74, 6) is 1.28. The lowest BCUT2D eigenvalue weighted by Gasteiger charge is -1.91. The van der Waals surface area contributed by atoms with Gasteiger partial charge in [0.25, 0.3) is 0 Å². The number of rotatable bonds is 3. The van der Waals surface area contributed by atoms with Crippen LogP contribution in [0.5, 0.6) is 0 Å². The Labute approximate surface area is 74.6 Å². The SMILES string of the molecule is CCc1noc(Cn2cncn2)n1. The van der Waals surface area contributed by atoms with Crippen LogP contribution in [0, 0.1) is 0 Å². The molecule has 0 amide bonds. The molecule has 0 aromatic carbocycles. The van der Waals surface area contributed by atoms with Crippen molar-refractivity contribution in [3.63, 3.8) is 0 Å². The molecule has 0 saturated heterocycles. The van der Waals surface area contributed by atoms with Crippen LogP contribution in [0.15, 0.2) is 17.2 Å². The molecule has 68 valence electrons. The minimum absolute atomic E-state index is 0.479. The van der Waals surface area contributed by atoms with Gasteiger partial charge >= 0.3 is 0 Å². The molecule has 6 heteroatoms. The van der Waals surface area contributed by atoms with Crippen molar-refractivity contribution in [1.29, 1.82) is 0 Å². The van der Waals surface area contributed by atoms with Crippen LogP contribution in [-0.4, -0.2) is 24.9 Å². The van der Waals surface area contributed by atoms with Crippen molar-refractivity contribution in [3.05, 3.63) is 24.4 Å². The molecule has 0 radical (unpaired) electrons. The Kier molecular flexibility index (Phi) is 2.03. The highest BCUT2D eigenvalue weighted by Gasteiger charge is 2.04. The van der Waals surface area contributed by atoms with Crippen molar-refractivity contribution in [2.24, 2.45) is 0 Å². The predicted octanol–water partition coefficient (Wildman–Crippen LogP) is 0.272. The number of hydrogen-bond acceptors (Lipinski definition) is 5. The second-order valence-corrected chi connectivity index (χ2v) is 2.55. The van der Waals surface area contributed by atoms with Gasteiger partial charge in [-0.05, 0) is 0 Å². The molecule has 13 heavy (non-hydrogen) atoms. The quantitative estimate of drug-likeness (QED) is 0.676. The fourth-order valence-electron chi connectivity index (χ4n) is 0.951. The van der Waals surface area contributed by atoms with Crippen molar-refractivity contribution in [1.82, 2.24) is 24.9 Å². The minimum atomic E-state index is 0.479. The van der Waals surface area contributed by atoms with Crippen LogP contribution in [0.3, 0.4) is 0 Å². The fourth-order valence-corrected chi connectivity index (χ4v) is 0.951. The molecule has 0 aliphatic carbocycles. The number of aryl methyl sites for hydroxylation is 1. The van der Waals surface area contributed by atoms with E-state index in [2.05, 4.69) is 20.2 Å². The third kappa shape index (κ3) is 1.71. The molecule has 2 heterocycles. The van der Waals surface area contributed by atoms with Crippen LogP contribution < -0.4 is 0 Å². The van der Waals surface area contributed by atoms with Crippen LogP contribution >= 0.6 is 0 Å². The summed E-state index contributed by atoms with van der Waals surface area (Å²) in [5, 5.41) is 7.69. The standard InChI is InChI=1S/C7H9N5O/c1-2-6-10-7(13-11-6)3-12-5-8-4-9-12/h4-5H,2-3H2,1H3. The van der Waals surface area contributed by atoms with Gasteiger partial charge in [0.1, 0.15) is 19.2 Å². The third-order valence-electron chi connectivity index (χ3n) is 1.59. The van der Waals surface area contributed by atoms with Gasteiger partial charge < -0.3 is 4.52 Å². The maximum atomic E-state index is 4.98. The van der Waals surface area contributed by atoms with E-state index in [0.717, 1.165) is 12.2 Å². The molecule has 0 N–H and O–H groups in total. The van der Waals surface area contributed by atoms with E-state index >= 15 is 0 Å². The Morgan fingerprint density at radius 1 is 1.54 bits per heavy atom. The zero-order valence-electron chi connectivity index (χ0n) is 7.21. The molecular weight excluding hydrogens is 170 g/mol. The lowest BCUT2D eigenvalue weighted by molar-refractivity contribution is 0.361. The molecule has 0 aliphatic heterocycles. The van der Waals surface area contributed by atoms with Gasteiger partial charge in [-0.15, -0.1) is 0 Å². The van der Waals surface area contributed by atoms with Gasteiger partial charge in [0, 0.05) is 6.42 Å². The van der Waals surface area contributed by atoms with Crippen LogP contribution in [-0.2, 0) is 13.0 Å². The van der Waals surface area contributed by atoms with Crippen molar-refractivity contribution in [2.75, 3.05) is 0 Å². The Hall–Kier alpha value is -1.72. The second-order valence-electron chi connectivity index (χ2n) is 2.55. The first-order valence-corrected chi connectivity index (χ1v) is 4.02. The van der Waals surface area contributed by atoms with E-state index in [1.165, 1.54) is 6.33 Å². The molecule has 0 unspecified atom stereocenters. The molecule has 0 fully saturated rings. The number of aromatic nitrogens is 5. The predicted molar refractivity (Wildman–Crippen MR) is 42.8 cm³/mol. The minimum Gasteiger partial charge on any atom is -0.337 e. The molecule has 2 rings (SSSR count). The van der Waals surface area contributed by atoms with Crippen molar-refractivity contribution >= 4 is 0 Å². The van der Waals surface area contributed by atoms with E-state index in [0.29, 0.717) is 12.4 Å². The molecule has 2 aromatic rings. The maximum absolute atomic E-state index is 4.98. The van der Waals surface area contributed by atoms with E-state index in [4.69, 9.17) is 4.52 Å². The first-order valence-electron chi connectivity index (χ1n) is 4.02. The molecular formula is C7H9N5O. The Morgan fingerprint density at radius 3 is 3.08 bits per heavy atom. The third-order valence-corrected chi connectivity index (χ3v) is 1.59. The molecule has 2 aromatic heterocycles. The van der Waals surface area contributed by atoms with Crippen molar-refractivity contribution in [3.8, 4) is 0 Å². The Balaban J connectivity index is 2.10. The summed E-state index contributed by atoms with van der Waals surface area (Å²) < 4.78 is 6.61. The van der Waals surface area contributed by atoms with Gasteiger partial charge in [-0.2, -0.15) is 10.1 Å². The van der Waals surface area contributed by atoms with Crippen molar-refractivity contribution < 1.29 is 4.52 Å². The summed E-state index contributed by atoms with van der Waals surface area (Å²) in [7, 11) is 0. The first kappa shape index (κ1) is 7.90. The largest absolute Gasteiger partial charge is 0.337 e. The normalized spacial score (nSPS) is 10.5. The molecule has 0 bridgehead atoms. The van der Waals surface area contributed by atoms with Crippen LogP contribution in [0.4, 0.5) is 0 Å². The number of nitrogens with zero attached hydrogens (tertiary/aromatic N) is 5. The summed E-state index contributed by atoms with van der Waals surface area (Å²) in [6.45, 7) is 2.46. The molecule has 0 aliphatic rings. The first-order chi connectivity index (χ1) is 6.38. The van der Waals surface area contributed by atoms with Crippen LogP contribution in [0.2, 0.25) is 0 Å². The maximum Gasteiger partial charge on any atom is 0.248 e. The highest BCUT2D eigenvalue weighted by atomic mass is 16.5. The van der Waals surface area contributed by atoms with E-state index in [1.807, 2.05) is 6.92 Å². The van der Waals surface area contributed by atoms with Gasteiger partial charge in [0.15, 0.2) is 5.82 Å². The Bertz CT molecular complexity index is 366. The van der Waals surface area contributed by atoms with Crippen LogP contribution in [0.25, 0.3) is 0 Å². The Morgan fingerprint density at radius 2 is 2.46 bits per heavy atom. The average Bonchev–Trinajstić information content (AvgIpc) is 2.76. The van der Waals surface area contributed by atoms with Gasteiger partial charge in [-0.3, -0.25) is 0 Å². The van der Waals surface area contributed by atoms with Gasteiger partial charge in [0.05, 0.1) is 0 Å². The molecule has 0 atom stereocenters. The van der Waals surface area contributed by atoms with E-state index in [-0.39, 0.29) is 0 Å². The summed E-state index contributed by atoms with van der Waals surface area (Å²) in [6.07, 6.45) is 3.85. The second kappa shape index (κ2) is 3.34. The zero-order valence-corrected chi connectivity index (χ0v) is 7.21. The van der Waals surface area contributed by atoms with Crippen molar-refractivity contribution in [2.45, 2.75) is 19.9 Å². The summed E-state index contributed by atoms with van der Waals surface area (Å²) >= 11 is 0. The molecule has 0 saturated carbocycles. The van der Waals surface area contributed by atoms with E-state index in [1.54, 1.807) is 11.0 Å². The topological polar surface area (TPSA) is 69.6 Å². The van der Waals surface area contributed by atoms with Gasteiger partial charge in [-0.25, -0.2) is 9.67 Å². The monoisotopic (exact) mass is 179 g/mol. The summed E-state index contributed by atoms with van der Waals surface area (Å²) in [6, 6.07) is 0. The smallest absolute Gasteiger partial charge is 0.248 e. The molecule has 6 nitrogen and oxygen atoms in total. The van der Waals surface area contributed by atoms with E-state index in [9.17, 15) is 0 Å². The lowest BCUT2D eigenvalue weighted by Crippen LogP contribution is -2.00. The number of hydrogen-bond donors (Lipinski definition) is 0. The van der Waals surface area contributed by atoms with Crippen LogP contribution in [0.1, 0.15) is 18.6 Å². The zero-order chi connectivity index (χ0) is 9.10. The highest BCUT2D eigenvalue weighted by molar-refractivity contribution is 4.85. The van der Waals surface area contributed by atoms with E-state index < -0.39 is 0 Å². The van der Waals surface area contributed by atoms with Gasteiger partial charge in [0.2, 0.25) is 5.89 Å². The summed E-state index contributed by atoms with van der Waals surface area (Å²) in [4.78, 5) is 7.94.